The van der Waals surface area contributed by atoms with E-state index in [9.17, 15) is 4.79 Å². The number of carbonyl (C=O) groups is 1. The molecule has 0 aliphatic carbocycles. The van der Waals surface area contributed by atoms with Crippen molar-refractivity contribution in [3.8, 4) is 5.88 Å². The van der Waals surface area contributed by atoms with Crippen LogP contribution >= 0.6 is 0 Å². The molecule has 0 spiro atoms. The van der Waals surface area contributed by atoms with Crippen molar-refractivity contribution >= 4 is 11.9 Å². The summed E-state index contributed by atoms with van der Waals surface area (Å²) in [5.41, 5.74) is 0. The third-order valence-electron chi connectivity index (χ3n) is 1.54. The number of nitrogens with one attached hydrogen (secondary N) is 1. The minimum Gasteiger partial charge on any atom is -0.481 e. The monoisotopic (exact) mass is 211 g/mol. The van der Waals surface area contributed by atoms with Crippen LogP contribution in [0.1, 0.15) is 13.3 Å². The predicted molar refractivity (Wildman–Crippen MR) is 53.9 cm³/mol. The molecule has 1 heterocycles. The molecule has 6 heteroatoms. The number of aromatic nitrogens is 2. The number of rotatable bonds is 6. The Labute approximate surface area is 87.3 Å². The van der Waals surface area contributed by atoms with Gasteiger partial charge in [-0.25, -0.2) is 4.98 Å². The highest BCUT2D eigenvalue weighted by molar-refractivity contribution is 5.67. The molecule has 0 atom stereocenters. The van der Waals surface area contributed by atoms with Gasteiger partial charge in [-0.15, -0.1) is 0 Å². The molecule has 1 aromatic rings. The molecule has 0 saturated heterocycles. The topological polar surface area (TPSA) is 84.3 Å². The Bertz CT molecular complexity index is 330. The van der Waals surface area contributed by atoms with Crippen molar-refractivity contribution in [1.82, 2.24) is 9.97 Å². The number of hydrogen-bond acceptors (Lipinski definition) is 5. The minimum atomic E-state index is -0.858. The first-order valence-electron chi connectivity index (χ1n) is 4.64. The van der Waals surface area contributed by atoms with E-state index < -0.39 is 5.97 Å². The van der Waals surface area contributed by atoms with Crippen LogP contribution in [0.2, 0.25) is 0 Å². The molecule has 1 aromatic heterocycles. The molecule has 0 bridgehead atoms. The van der Waals surface area contributed by atoms with Gasteiger partial charge in [-0.3, -0.25) is 4.79 Å². The Balaban J connectivity index is 2.46. The lowest BCUT2D eigenvalue weighted by molar-refractivity contribution is -0.136. The molecule has 6 nitrogen and oxygen atoms in total. The quantitative estimate of drug-likeness (QED) is 0.722. The maximum absolute atomic E-state index is 10.3. The van der Waals surface area contributed by atoms with E-state index >= 15 is 0 Å². The smallest absolute Gasteiger partial charge is 0.305 e. The van der Waals surface area contributed by atoms with E-state index in [0.29, 0.717) is 25.0 Å². The van der Waals surface area contributed by atoms with Crippen LogP contribution in [0.4, 0.5) is 5.95 Å². The van der Waals surface area contributed by atoms with Crippen molar-refractivity contribution in [2.75, 3.05) is 18.5 Å². The van der Waals surface area contributed by atoms with Crippen LogP contribution in [0, 0.1) is 0 Å². The van der Waals surface area contributed by atoms with Gasteiger partial charge in [0, 0.05) is 18.8 Å². The molecule has 82 valence electrons. The Kier molecular flexibility index (Phi) is 4.33. The minimum absolute atomic E-state index is 0.0300. The molecule has 0 saturated carbocycles. The van der Waals surface area contributed by atoms with E-state index in [1.165, 1.54) is 0 Å². The van der Waals surface area contributed by atoms with Crippen LogP contribution in [-0.2, 0) is 4.79 Å². The molecule has 0 radical (unpaired) electrons. The summed E-state index contributed by atoms with van der Waals surface area (Å²) in [6, 6.07) is 1.64. The first kappa shape index (κ1) is 11.2. The Morgan fingerprint density at radius 2 is 2.47 bits per heavy atom. The van der Waals surface area contributed by atoms with Gasteiger partial charge in [0.1, 0.15) is 0 Å². The number of aliphatic carboxylic acids is 1. The van der Waals surface area contributed by atoms with Gasteiger partial charge in [-0.1, -0.05) is 0 Å². The average Bonchev–Trinajstić information content (AvgIpc) is 2.18. The lowest BCUT2D eigenvalue weighted by Gasteiger charge is -2.05. The highest BCUT2D eigenvalue weighted by Crippen LogP contribution is 2.07. The van der Waals surface area contributed by atoms with Gasteiger partial charge in [-0.05, 0) is 6.92 Å². The summed E-state index contributed by atoms with van der Waals surface area (Å²) in [5, 5.41) is 11.2. The highest BCUT2D eigenvalue weighted by atomic mass is 16.5. The summed E-state index contributed by atoms with van der Waals surface area (Å²) in [4.78, 5) is 18.2. The van der Waals surface area contributed by atoms with Crippen LogP contribution in [0.3, 0.4) is 0 Å². The summed E-state index contributed by atoms with van der Waals surface area (Å²) in [6.45, 7) is 2.69. The summed E-state index contributed by atoms with van der Waals surface area (Å²) < 4.78 is 5.17. The van der Waals surface area contributed by atoms with Crippen molar-refractivity contribution in [1.29, 1.82) is 0 Å². The number of ether oxygens (including phenoxy) is 1. The lowest BCUT2D eigenvalue weighted by atomic mass is 10.4. The van der Waals surface area contributed by atoms with E-state index in [0.717, 1.165) is 0 Å². The van der Waals surface area contributed by atoms with Gasteiger partial charge in [0.05, 0.1) is 13.0 Å². The third kappa shape index (κ3) is 4.26. The van der Waals surface area contributed by atoms with Crippen molar-refractivity contribution in [2.24, 2.45) is 0 Å². The average molecular weight is 211 g/mol. The number of nitrogens with zero attached hydrogens (tertiary/aromatic N) is 2. The standard InChI is InChI=1S/C9H13N3O3/c1-2-15-7-3-5-10-9(12-7)11-6-4-8(13)14/h3,5H,2,4,6H2,1H3,(H,13,14)(H,10,11,12). The van der Waals surface area contributed by atoms with Crippen LogP contribution in [-0.4, -0.2) is 34.2 Å². The Morgan fingerprint density at radius 3 is 3.13 bits per heavy atom. The van der Waals surface area contributed by atoms with Gasteiger partial charge >= 0.3 is 5.97 Å². The van der Waals surface area contributed by atoms with Gasteiger partial charge < -0.3 is 15.2 Å². The second-order valence-electron chi connectivity index (χ2n) is 2.72. The van der Waals surface area contributed by atoms with E-state index in [-0.39, 0.29) is 6.42 Å². The maximum Gasteiger partial charge on any atom is 0.305 e. The zero-order valence-corrected chi connectivity index (χ0v) is 8.43. The highest BCUT2D eigenvalue weighted by Gasteiger charge is 2.00. The maximum atomic E-state index is 10.3. The number of carboxylic acid groups (broad SMARTS) is 1. The molecule has 0 amide bonds. The van der Waals surface area contributed by atoms with Crippen LogP contribution in [0.25, 0.3) is 0 Å². The van der Waals surface area contributed by atoms with E-state index in [1.54, 1.807) is 12.3 Å². The second kappa shape index (κ2) is 5.79. The molecule has 15 heavy (non-hydrogen) atoms. The molecule has 0 aliphatic rings. The van der Waals surface area contributed by atoms with Crippen LogP contribution in [0.15, 0.2) is 12.3 Å². The molecule has 0 unspecified atom stereocenters. The zero-order chi connectivity index (χ0) is 11.1. The number of hydrogen-bond donors (Lipinski definition) is 2. The van der Waals surface area contributed by atoms with E-state index in [1.807, 2.05) is 6.92 Å². The first-order valence-corrected chi connectivity index (χ1v) is 4.64. The van der Waals surface area contributed by atoms with Crippen LogP contribution in [0.5, 0.6) is 5.88 Å². The molecule has 0 fully saturated rings. The van der Waals surface area contributed by atoms with Crippen molar-refractivity contribution in [2.45, 2.75) is 13.3 Å². The fourth-order valence-electron chi connectivity index (χ4n) is 0.937. The fraction of sp³-hybridized carbons (Fsp3) is 0.444. The summed E-state index contributed by atoms with van der Waals surface area (Å²) in [7, 11) is 0. The first-order chi connectivity index (χ1) is 7.22. The van der Waals surface area contributed by atoms with Crippen LogP contribution < -0.4 is 10.1 Å². The SMILES string of the molecule is CCOc1ccnc(NCCC(=O)O)n1. The van der Waals surface area contributed by atoms with Gasteiger partial charge in [0.15, 0.2) is 0 Å². The number of anilines is 1. The molecule has 1 rings (SSSR count). The van der Waals surface area contributed by atoms with Gasteiger partial charge in [0.2, 0.25) is 11.8 Å². The summed E-state index contributed by atoms with van der Waals surface area (Å²) in [6.07, 6.45) is 1.59. The largest absolute Gasteiger partial charge is 0.481 e. The molecule has 2 N–H and O–H groups in total. The van der Waals surface area contributed by atoms with Gasteiger partial charge in [-0.2, -0.15) is 4.98 Å². The lowest BCUT2D eigenvalue weighted by Crippen LogP contribution is -2.10. The van der Waals surface area contributed by atoms with Crippen molar-refractivity contribution < 1.29 is 14.6 Å². The Morgan fingerprint density at radius 1 is 1.67 bits per heavy atom. The normalized spacial score (nSPS) is 9.67. The molecule has 0 aliphatic heterocycles. The van der Waals surface area contributed by atoms with Crippen molar-refractivity contribution in [3.63, 3.8) is 0 Å². The molecular weight excluding hydrogens is 198 g/mol. The molecular formula is C9H13N3O3. The van der Waals surface area contributed by atoms with E-state index in [2.05, 4.69) is 15.3 Å². The zero-order valence-electron chi connectivity index (χ0n) is 8.43. The van der Waals surface area contributed by atoms with E-state index in [4.69, 9.17) is 9.84 Å². The Hall–Kier alpha value is -1.85. The van der Waals surface area contributed by atoms with Crippen molar-refractivity contribution in [3.05, 3.63) is 12.3 Å². The second-order valence-corrected chi connectivity index (χ2v) is 2.72. The molecule has 0 aromatic carbocycles. The summed E-state index contributed by atoms with van der Waals surface area (Å²) >= 11 is 0. The predicted octanol–water partition coefficient (Wildman–Crippen LogP) is 0.762. The summed E-state index contributed by atoms with van der Waals surface area (Å²) in [5.74, 6) is -0.00372. The fourth-order valence-corrected chi connectivity index (χ4v) is 0.937. The van der Waals surface area contributed by atoms with Gasteiger partial charge in [0.25, 0.3) is 0 Å². The number of carboxylic acids is 1. The third-order valence-corrected chi connectivity index (χ3v) is 1.54.